The molecule has 0 radical (unpaired) electrons. The zero-order chi connectivity index (χ0) is 15.3. The Kier molecular flexibility index (Phi) is 5.99. The van der Waals surface area contributed by atoms with Crippen molar-refractivity contribution in [2.24, 2.45) is 5.92 Å². The van der Waals surface area contributed by atoms with E-state index in [1.807, 2.05) is 13.0 Å². The number of aromatic carboxylic acids is 1. The van der Waals surface area contributed by atoms with Crippen LogP contribution in [0.3, 0.4) is 0 Å². The molecule has 0 spiro atoms. The molecule has 0 bridgehead atoms. The first-order valence-electron chi connectivity index (χ1n) is 7.40. The number of nitrogens with zero attached hydrogens (tertiary/aromatic N) is 2. The Balaban J connectivity index is 3.23. The number of hydrogen-bond acceptors (Lipinski definition) is 3. The van der Waals surface area contributed by atoms with Gasteiger partial charge in [-0.3, -0.25) is 4.98 Å². The minimum Gasteiger partial charge on any atom is -0.478 e. The summed E-state index contributed by atoms with van der Waals surface area (Å²) in [7, 11) is 0. The van der Waals surface area contributed by atoms with E-state index in [1.54, 1.807) is 6.92 Å². The molecule has 0 aromatic carbocycles. The zero-order valence-electron chi connectivity index (χ0n) is 13.2. The van der Waals surface area contributed by atoms with Crippen LogP contribution in [0, 0.1) is 19.8 Å². The molecule has 1 N–H and O–H groups in total. The Bertz CT molecular complexity index is 468. The van der Waals surface area contributed by atoms with Gasteiger partial charge < -0.3 is 10.0 Å². The van der Waals surface area contributed by atoms with Crippen LogP contribution in [0.4, 0.5) is 5.69 Å². The van der Waals surface area contributed by atoms with Gasteiger partial charge >= 0.3 is 5.97 Å². The molecule has 0 atom stereocenters. The summed E-state index contributed by atoms with van der Waals surface area (Å²) in [5, 5.41) is 9.46. The van der Waals surface area contributed by atoms with Gasteiger partial charge in [-0.1, -0.05) is 26.7 Å². The van der Waals surface area contributed by atoms with E-state index in [4.69, 9.17) is 0 Å². The van der Waals surface area contributed by atoms with Gasteiger partial charge in [0.05, 0.1) is 11.4 Å². The molecule has 0 fully saturated rings. The summed E-state index contributed by atoms with van der Waals surface area (Å²) in [5.74, 6) is -0.307. The summed E-state index contributed by atoms with van der Waals surface area (Å²) in [6, 6.07) is 1.89. The fourth-order valence-corrected chi connectivity index (χ4v) is 2.58. The highest BCUT2D eigenvalue weighted by Gasteiger charge is 2.20. The maximum atomic E-state index is 11.5. The maximum absolute atomic E-state index is 11.5. The molecule has 0 aliphatic heterocycles. The number of carboxylic acids is 1. The van der Waals surface area contributed by atoms with Crippen LogP contribution in [0.2, 0.25) is 0 Å². The number of rotatable bonds is 7. The summed E-state index contributed by atoms with van der Waals surface area (Å²) < 4.78 is 0. The second kappa shape index (κ2) is 7.27. The van der Waals surface area contributed by atoms with Gasteiger partial charge in [-0.05, 0) is 32.8 Å². The summed E-state index contributed by atoms with van der Waals surface area (Å²) in [6.45, 7) is 11.8. The predicted molar refractivity (Wildman–Crippen MR) is 82.6 cm³/mol. The standard InChI is InChI=1S/C16H26N2O2/c1-6-13(7-2)10-18(8-3)14-9-11(4)17-12(5)15(14)16(19)20/h9,13H,6-8,10H2,1-5H3,(H,19,20). The summed E-state index contributed by atoms with van der Waals surface area (Å²) in [4.78, 5) is 18.0. The van der Waals surface area contributed by atoms with Crippen molar-refractivity contribution in [1.82, 2.24) is 4.98 Å². The van der Waals surface area contributed by atoms with E-state index in [9.17, 15) is 9.90 Å². The van der Waals surface area contributed by atoms with E-state index in [2.05, 4.69) is 30.7 Å². The third kappa shape index (κ3) is 3.71. The number of carboxylic acid groups (broad SMARTS) is 1. The molecule has 4 nitrogen and oxygen atoms in total. The quantitative estimate of drug-likeness (QED) is 0.827. The van der Waals surface area contributed by atoms with Gasteiger partial charge in [0.1, 0.15) is 5.56 Å². The average Bonchev–Trinajstić information content (AvgIpc) is 2.38. The van der Waals surface area contributed by atoms with Crippen molar-refractivity contribution in [2.45, 2.75) is 47.5 Å². The Hall–Kier alpha value is -1.58. The molecular weight excluding hydrogens is 252 g/mol. The molecule has 0 aliphatic carbocycles. The Morgan fingerprint density at radius 2 is 1.90 bits per heavy atom. The molecule has 112 valence electrons. The largest absolute Gasteiger partial charge is 0.478 e. The molecule has 0 amide bonds. The summed E-state index contributed by atoms with van der Waals surface area (Å²) >= 11 is 0. The third-order valence-corrected chi connectivity index (χ3v) is 3.88. The number of anilines is 1. The van der Waals surface area contributed by atoms with E-state index in [-0.39, 0.29) is 0 Å². The van der Waals surface area contributed by atoms with Crippen LogP contribution in [0.1, 0.15) is 55.4 Å². The minimum atomic E-state index is -0.895. The van der Waals surface area contributed by atoms with Crippen molar-refractivity contribution in [3.8, 4) is 0 Å². The normalized spacial score (nSPS) is 10.9. The molecular formula is C16H26N2O2. The molecule has 0 saturated carbocycles. The van der Waals surface area contributed by atoms with Gasteiger partial charge in [-0.2, -0.15) is 0 Å². The second-order valence-electron chi connectivity index (χ2n) is 5.27. The average molecular weight is 278 g/mol. The summed E-state index contributed by atoms with van der Waals surface area (Å²) in [6.07, 6.45) is 2.22. The van der Waals surface area contributed by atoms with Crippen molar-refractivity contribution in [3.63, 3.8) is 0 Å². The molecule has 0 unspecified atom stereocenters. The topological polar surface area (TPSA) is 53.4 Å². The lowest BCUT2D eigenvalue weighted by Crippen LogP contribution is -2.31. The molecule has 4 heteroatoms. The number of aromatic nitrogens is 1. The maximum Gasteiger partial charge on any atom is 0.339 e. The van der Waals surface area contributed by atoms with Gasteiger partial charge in [0.25, 0.3) is 0 Å². The third-order valence-electron chi connectivity index (χ3n) is 3.88. The van der Waals surface area contributed by atoms with Crippen LogP contribution in [0.25, 0.3) is 0 Å². The fraction of sp³-hybridized carbons (Fsp3) is 0.625. The lowest BCUT2D eigenvalue weighted by molar-refractivity contribution is 0.0696. The van der Waals surface area contributed by atoms with Crippen molar-refractivity contribution < 1.29 is 9.90 Å². The van der Waals surface area contributed by atoms with Gasteiger partial charge in [-0.25, -0.2) is 4.79 Å². The van der Waals surface area contributed by atoms with E-state index >= 15 is 0 Å². The highest BCUT2D eigenvalue weighted by atomic mass is 16.4. The molecule has 0 saturated heterocycles. The van der Waals surface area contributed by atoms with Crippen LogP contribution in [-0.4, -0.2) is 29.1 Å². The first-order valence-corrected chi connectivity index (χ1v) is 7.40. The lowest BCUT2D eigenvalue weighted by atomic mass is 10.0. The number of aryl methyl sites for hydroxylation is 2. The Morgan fingerprint density at radius 1 is 1.30 bits per heavy atom. The van der Waals surface area contributed by atoms with E-state index in [0.29, 0.717) is 17.2 Å². The van der Waals surface area contributed by atoms with Crippen LogP contribution in [0.5, 0.6) is 0 Å². The second-order valence-corrected chi connectivity index (χ2v) is 5.27. The van der Waals surface area contributed by atoms with Crippen LogP contribution in [0.15, 0.2) is 6.07 Å². The van der Waals surface area contributed by atoms with Crippen molar-refractivity contribution in [2.75, 3.05) is 18.0 Å². The van der Waals surface area contributed by atoms with Crippen molar-refractivity contribution in [1.29, 1.82) is 0 Å². The molecule has 20 heavy (non-hydrogen) atoms. The fourth-order valence-electron chi connectivity index (χ4n) is 2.58. The van der Waals surface area contributed by atoms with Gasteiger partial charge in [0, 0.05) is 18.8 Å². The highest BCUT2D eigenvalue weighted by molar-refractivity contribution is 5.95. The highest BCUT2D eigenvalue weighted by Crippen LogP contribution is 2.26. The predicted octanol–water partition coefficient (Wildman–Crippen LogP) is 3.66. The minimum absolute atomic E-state index is 0.336. The van der Waals surface area contributed by atoms with Crippen molar-refractivity contribution >= 4 is 11.7 Å². The number of pyridine rings is 1. The molecule has 1 aromatic rings. The van der Waals surface area contributed by atoms with Gasteiger partial charge in [0.2, 0.25) is 0 Å². The molecule has 1 heterocycles. The van der Waals surface area contributed by atoms with E-state index in [1.165, 1.54) is 0 Å². The van der Waals surface area contributed by atoms with Crippen LogP contribution >= 0.6 is 0 Å². The molecule has 1 aromatic heterocycles. The molecule has 0 aliphatic rings. The Morgan fingerprint density at radius 3 is 2.35 bits per heavy atom. The first-order chi connectivity index (χ1) is 9.44. The summed E-state index contributed by atoms with van der Waals surface area (Å²) in [5.41, 5.74) is 2.60. The molecule has 1 rings (SSSR count). The Labute approximate surface area is 121 Å². The van der Waals surface area contributed by atoms with Crippen LogP contribution < -0.4 is 4.90 Å². The van der Waals surface area contributed by atoms with Gasteiger partial charge in [-0.15, -0.1) is 0 Å². The van der Waals surface area contributed by atoms with E-state index in [0.717, 1.165) is 37.3 Å². The SMILES string of the molecule is CCC(CC)CN(CC)c1cc(C)nc(C)c1C(=O)O. The van der Waals surface area contributed by atoms with Gasteiger partial charge in [0.15, 0.2) is 0 Å². The number of hydrogen-bond donors (Lipinski definition) is 1. The van der Waals surface area contributed by atoms with E-state index < -0.39 is 5.97 Å². The number of carbonyl (C=O) groups is 1. The first kappa shape index (κ1) is 16.5. The van der Waals surface area contributed by atoms with Crippen molar-refractivity contribution in [3.05, 3.63) is 23.0 Å². The zero-order valence-corrected chi connectivity index (χ0v) is 13.2. The smallest absolute Gasteiger partial charge is 0.339 e. The monoisotopic (exact) mass is 278 g/mol. The van der Waals surface area contributed by atoms with Crippen LogP contribution in [-0.2, 0) is 0 Å². The lowest BCUT2D eigenvalue weighted by Gasteiger charge is -2.29.